The number of aromatic nitrogens is 1. The van der Waals surface area contributed by atoms with Crippen LogP contribution in [0.3, 0.4) is 0 Å². The van der Waals surface area contributed by atoms with Crippen molar-refractivity contribution in [1.82, 2.24) is 15.2 Å². The van der Waals surface area contributed by atoms with Gasteiger partial charge in [0.05, 0.1) is 26.3 Å². The minimum absolute atomic E-state index is 0.123. The maximum Gasteiger partial charge on any atom is 0.324 e. The van der Waals surface area contributed by atoms with Crippen LogP contribution in [0.2, 0.25) is 0 Å². The normalized spacial score (nSPS) is 17.5. The smallest absolute Gasteiger partial charge is 0.324 e. The number of amides is 4. The third kappa shape index (κ3) is 4.48. The summed E-state index contributed by atoms with van der Waals surface area (Å²) in [5.74, 6) is 0.452. The number of hydrogen-bond donors (Lipinski definition) is 2. The number of carbonyl (C=O) groups excluding carboxylic acids is 3. The van der Waals surface area contributed by atoms with Crippen molar-refractivity contribution in [3.63, 3.8) is 0 Å². The number of anilines is 1. The van der Waals surface area contributed by atoms with Gasteiger partial charge in [-0.25, -0.2) is 9.78 Å². The highest BCUT2D eigenvalue weighted by Gasteiger charge is 2.38. The van der Waals surface area contributed by atoms with E-state index in [9.17, 15) is 14.4 Å². The number of nitrogens with zero attached hydrogens (tertiary/aromatic N) is 2. The van der Waals surface area contributed by atoms with E-state index in [1.165, 1.54) is 16.2 Å². The predicted octanol–water partition coefficient (Wildman–Crippen LogP) is 2.14. The first-order valence-electron chi connectivity index (χ1n) is 10.1. The summed E-state index contributed by atoms with van der Waals surface area (Å²) >= 11 is 1.48. The van der Waals surface area contributed by atoms with Gasteiger partial charge in [0.25, 0.3) is 5.91 Å². The van der Waals surface area contributed by atoms with Crippen molar-refractivity contribution in [2.24, 2.45) is 0 Å². The average Bonchev–Trinajstić information content (AvgIpc) is 3.41. The molecule has 0 radical (unpaired) electrons. The number of nitrogens with one attached hydrogen (secondary N) is 2. The summed E-state index contributed by atoms with van der Waals surface area (Å²) < 4.78 is 10.5. The number of hydrogen-bond acceptors (Lipinski definition) is 7. The van der Waals surface area contributed by atoms with Crippen LogP contribution in [0.5, 0.6) is 11.5 Å². The van der Waals surface area contributed by atoms with Gasteiger partial charge in [-0.2, -0.15) is 0 Å². The van der Waals surface area contributed by atoms with Gasteiger partial charge in [0.2, 0.25) is 5.91 Å². The maximum absolute atomic E-state index is 12.7. The quantitative estimate of drug-likeness (QED) is 0.604. The summed E-state index contributed by atoms with van der Waals surface area (Å²) in [5, 5.41) is 5.90. The van der Waals surface area contributed by atoms with Crippen LogP contribution < -0.4 is 20.1 Å². The van der Waals surface area contributed by atoms with Gasteiger partial charge in [-0.3, -0.25) is 14.5 Å². The molecule has 1 aromatic carbocycles. The lowest BCUT2D eigenvalue weighted by Gasteiger charge is -2.14. The Balaban J connectivity index is 1.32. The molecule has 2 heterocycles. The number of imide groups is 1. The Morgan fingerprint density at radius 2 is 2.06 bits per heavy atom. The van der Waals surface area contributed by atoms with Crippen LogP contribution in [0, 0.1) is 0 Å². The van der Waals surface area contributed by atoms with Crippen molar-refractivity contribution in [2.45, 2.75) is 38.1 Å². The van der Waals surface area contributed by atoms with E-state index in [1.807, 2.05) is 12.1 Å². The van der Waals surface area contributed by atoms with E-state index in [0.29, 0.717) is 23.1 Å². The zero-order valence-electron chi connectivity index (χ0n) is 17.4. The van der Waals surface area contributed by atoms with Crippen LogP contribution in [-0.2, 0) is 28.9 Å². The molecule has 0 spiro atoms. The van der Waals surface area contributed by atoms with Gasteiger partial charge in [0, 0.05) is 11.4 Å². The van der Waals surface area contributed by atoms with Gasteiger partial charge < -0.3 is 20.1 Å². The maximum atomic E-state index is 12.7. The molecule has 0 saturated carbocycles. The van der Waals surface area contributed by atoms with Crippen LogP contribution in [0.4, 0.5) is 9.93 Å². The standard InChI is InChI=1S/C21H24N4O5S/c1-29-15-7-6-12(10-16(15)30-2)8-9-25-19(27)14(23-21(25)28)11-18(26)24-20-22-13-4-3-5-17(13)31-20/h6-7,10,14H,3-5,8-9,11H2,1-2H3,(H,23,28)(H,22,24,26). The van der Waals surface area contributed by atoms with Crippen LogP contribution >= 0.6 is 11.3 Å². The number of fused-ring (bicyclic) bond motifs is 1. The van der Waals surface area contributed by atoms with E-state index in [2.05, 4.69) is 15.6 Å². The predicted molar refractivity (Wildman–Crippen MR) is 115 cm³/mol. The fourth-order valence-corrected chi connectivity index (χ4v) is 4.87. The fourth-order valence-electron chi connectivity index (χ4n) is 3.80. The lowest BCUT2D eigenvalue weighted by Crippen LogP contribution is -2.34. The number of benzene rings is 1. The molecule has 0 bridgehead atoms. The van der Waals surface area contributed by atoms with Gasteiger partial charge in [-0.05, 0) is 43.4 Å². The summed E-state index contributed by atoms with van der Waals surface area (Å²) in [4.78, 5) is 44.1. The summed E-state index contributed by atoms with van der Waals surface area (Å²) in [6.07, 6.45) is 3.37. The monoisotopic (exact) mass is 444 g/mol. The van der Waals surface area contributed by atoms with Crippen LogP contribution in [-0.4, -0.2) is 54.5 Å². The van der Waals surface area contributed by atoms with Gasteiger partial charge in [-0.15, -0.1) is 11.3 Å². The van der Waals surface area contributed by atoms with E-state index in [4.69, 9.17) is 9.47 Å². The molecule has 1 fully saturated rings. The van der Waals surface area contributed by atoms with E-state index in [0.717, 1.165) is 35.4 Å². The number of ether oxygens (including phenoxy) is 2. The minimum atomic E-state index is -0.871. The Morgan fingerprint density at radius 1 is 1.26 bits per heavy atom. The number of rotatable bonds is 8. The van der Waals surface area contributed by atoms with Crippen molar-refractivity contribution in [1.29, 1.82) is 0 Å². The molecule has 1 aromatic heterocycles. The molecule has 31 heavy (non-hydrogen) atoms. The van der Waals surface area contributed by atoms with Gasteiger partial charge in [0.1, 0.15) is 6.04 Å². The molecule has 4 rings (SSSR count). The molecular formula is C21H24N4O5S. The molecule has 9 nitrogen and oxygen atoms in total. The topological polar surface area (TPSA) is 110 Å². The molecule has 2 aliphatic rings. The number of thiazole rings is 1. The first-order chi connectivity index (χ1) is 15.0. The molecule has 2 N–H and O–H groups in total. The average molecular weight is 445 g/mol. The molecule has 1 aliphatic carbocycles. The highest BCUT2D eigenvalue weighted by molar-refractivity contribution is 7.15. The second-order valence-electron chi connectivity index (χ2n) is 7.43. The molecule has 2 aromatic rings. The van der Waals surface area contributed by atoms with Crippen molar-refractivity contribution in [3.8, 4) is 11.5 Å². The zero-order valence-corrected chi connectivity index (χ0v) is 18.2. The number of aryl methyl sites for hydroxylation is 2. The van der Waals surface area contributed by atoms with Crippen LogP contribution in [0.25, 0.3) is 0 Å². The first kappa shape index (κ1) is 21.1. The van der Waals surface area contributed by atoms with E-state index < -0.39 is 18.0 Å². The third-order valence-corrected chi connectivity index (χ3v) is 6.48. The summed E-state index contributed by atoms with van der Waals surface area (Å²) in [5.41, 5.74) is 1.95. The van der Waals surface area contributed by atoms with Gasteiger partial charge in [-0.1, -0.05) is 6.07 Å². The number of urea groups is 1. The Hall–Kier alpha value is -3.14. The SMILES string of the molecule is COc1ccc(CCN2C(=O)NC(CC(=O)Nc3nc4c(s3)CCC4)C2=O)cc1OC. The van der Waals surface area contributed by atoms with Crippen molar-refractivity contribution >= 4 is 34.3 Å². The largest absolute Gasteiger partial charge is 0.493 e. The molecule has 4 amide bonds. The molecule has 1 aliphatic heterocycles. The van der Waals surface area contributed by atoms with E-state index in [-0.39, 0.29) is 18.9 Å². The molecule has 1 saturated heterocycles. The Kier molecular flexibility index (Phi) is 6.08. The molecule has 10 heteroatoms. The van der Waals surface area contributed by atoms with Gasteiger partial charge in [0.15, 0.2) is 16.6 Å². The highest BCUT2D eigenvalue weighted by atomic mass is 32.1. The second-order valence-corrected chi connectivity index (χ2v) is 8.51. The summed E-state index contributed by atoms with van der Waals surface area (Å²) in [7, 11) is 3.11. The third-order valence-electron chi connectivity index (χ3n) is 5.41. The van der Waals surface area contributed by atoms with Crippen molar-refractivity contribution in [2.75, 3.05) is 26.1 Å². The Labute approximate surface area is 183 Å². The summed E-state index contributed by atoms with van der Waals surface area (Å²) in [6, 6.07) is 4.09. The Bertz CT molecular complexity index is 1000. The first-order valence-corrected chi connectivity index (χ1v) is 10.9. The second kappa shape index (κ2) is 8.93. The van der Waals surface area contributed by atoms with Gasteiger partial charge >= 0.3 is 6.03 Å². The minimum Gasteiger partial charge on any atom is -0.493 e. The fraction of sp³-hybridized carbons (Fsp3) is 0.429. The zero-order chi connectivity index (χ0) is 22.0. The molecule has 1 unspecified atom stereocenters. The van der Waals surface area contributed by atoms with Crippen LogP contribution in [0.15, 0.2) is 18.2 Å². The lowest BCUT2D eigenvalue weighted by molar-refractivity contribution is -0.129. The molecular weight excluding hydrogens is 420 g/mol. The Morgan fingerprint density at radius 3 is 2.81 bits per heavy atom. The lowest BCUT2D eigenvalue weighted by atomic mass is 10.1. The summed E-state index contributed by atoms with van der Waals surface area (Å²) in [6.45, 7) is 0.206. The number of carbonyl (C=O) groups is 3. The number of methoxy groups -OCH3 is 2. The van der Waals surface area contributed by atoms with E-state index in [1.54, 1.807) is 20.3 Å². The highest BCUT2D eigenvalue weighted by Crippen LogP contribution is 2.30. The van der Waals surface area contributed by atoms with Crippen molar-refractivity contribution < 1.29 is 23.9 Å². The van der Waals surface area contributed by atoms with Crippen molar-refractivity contribution in [3.05, 3.63) is 34.3 Å². The molecule has 164 valence electrons. The molecule has 1 atom stereocenters. The van der Waals surface area contributed by atoms with E-state index >= 15 is 0 Å². The van der Waals surface area contributed by atoms with Crippen LogP contribution in [0.1, 0.15) is 29.0 Å².